The Hall–Kier alpha value is -5.93. The molecule has 14 nitrogen and oxygen atoms in total. The van der Waals surface area contributed by atoms with Gasteiger partial charge in [-0.15, -0.1) is 0 Å². The van der Waals surface area contributed by atoms with E-state index >= 15 is 4.39 Å². The maximum absolute atomic E-state index is 15.5. The Bertz CT molecular complexity index is 2470. The lowest BCUT2D eigenvalue weighted by Crippen LogP contribution is -2.62. The van der Waals surface area contributed by atoms with Crippen LogP contribution in [0.1, 0.15) is 76.8 Å². The average Bonchev–Trinajstić information content (AvgIpc) is 3.92. The molecular weight excluding hydrogens is 830 g/mol. The molecule has 2 saturated heterocycles. The highest BCUT2D eigenvalue weighted by Gasteiger charge is 2.40. The largest absolute Gasteiger partial charge is 0.464 e. The molecule has 2 N–H and O–H groups in total. The van der Waals surface area contributed by atoms with Crippen molar-refractivity contribution in [1.29, 1.82) is 0 Å². The van der Waals surface area contributed by atoms with Gasteiger partial charge in [0, 0.05) is 62.8 Å². The molecule has 0 saturated carbocycles. The molecule has 4 aromatic rings. The van der Waals surface area contributed by atoms with Gasteiger partial charge >= 0.3 is 5.97 Å². The van der Waals surface area contributed by atoms with Crippen LogP contribution in [-0.2, 0) is 53.1 Å². The van der Waals surface area contributed by atoms with Crippen LogP contribution < -0.4 is 10.7 Å². The van der Waals surface area contributed by atoms with Gasteiger partial charge in [-0.1, -0.05) is 64.6 Å². The predicted octanol–water partition coefficient (Wildman–Crippen LogP) is 6.17. The molecule has 0 radical (unpaired) electrons. The summed E-state index contributed by atoms with van der Waals surface area (Å²) < 4.78 is 28.9. The fraction of sp³-hybridized carbons (Fsp3) is 0.480. The first-order valence-electron chi connectivity index (χ1n) is 22.6. The second-order valence-corrected chi connectivity index (χ2v) is 18.8. The Kier molecular flexibility index (Phi) is 14.2. The number of rotatable bonds is 10. The Morgan fingerprint density at radius 1 is 1.08 bits per heavy atom. The van der Waals surface area contributed by atoms with Gasteiger partial charge in [-0.3, -0.25) is 34.0 Å². The first-order valence-corrected chi connectivity index (χ1v) is 22.6. The molecule has 0 aliphatic carbocycles. The van der Waals surface area contributed by atoms with Crippen molar-refractivity contribution >= 4 is 40.5 Å². The summed E-state index contributed by atoms with van der Waals surface area (Å²) in [5, 5.41) is 5.26. The molecule has 3 aliphatic rings. The molecule has 15 heteroatoms. The minimum atomic E-state index is -1.09. The van der Waals surface area contributed by atoms with E-state index in [-0.39, 0.29) is 43.4 Å². The number of ether oxygens (including phenoxy) is 2. The zero-order valence-corrected chi connectivity index (χ0v) is 38.6. The summed E-state index contributed by atoms with van der Waals surface area (Å²) in [5.74, 6) is -2.76. The Balaban J connectivity index is 1.29. The quantitative estimate of drug-likeness (QED) is 0.141. The van der Waals surface area contributed by atoms with Crippen LogP contribution in [0.4, 0.5) is 4.39 Å². The molecule has 0 spiro atoms. The molecule has 5 heterocycles. The number of benzene rings is 2. The van der Waals surface area contributed by atoms with Crippen molar-refractivity contribution in [2.24, 2.45) is 17.3 Å². The first-order chi connectivity index (χ1) is 31.0. The topological polar surface area (TPSA) is 155 Å². The maximum atomic E-state index is 15.5. The minimum absolute atomic E-state index is 0.0424. The zero-order valence-electron chi connectivity index (χ0n) is 38.6. The van der Waals surface area contributed by atoms with Crippen LogP contribution in [0.5, 0.6) is 0 Å². The minimum Gasteiger partial charge on any atom is -0.464 e. The van der Waals surface area contributed by atoms with Crippen LogP contribution in [-0.4, -0.2) is 112 Å². The van der Waals surface area contributed by atoms with Gasteiger partial charge in [-0.25, -0.2) is 9.82 Å². The van der Waals surface area contributed by atoms with E-state index in [1.54, 1.807) is 29.8 Å². The molecule has 7 rings (SSSR count). The van der Waals surface area contributed by atoms with Gasteiger partial charge < -0.3 is 29.2 Å². The fourth-order valence-electron chi connectivity index (χ4n) is 9.68. The van der Waals surface area contributed by atoms with Crippen molar-refractivity contribution in [2.45, 2.75) is 97.8 Å². The number of likely N-dealkylation sites (N-methyl/N-ethyl adjacent to an activating group) is 1. The number of alkyl halides is 1. The number of carbonyl (C=O) groups is 5. The first kappa shape index (κ1) is 47.0. The van der Waals surface area contributed by atoms with E-state index in [4.69, 9.17) is 9.47 Å². The number of carbonyl (C=O) groups excluding carboxylic acids is 5. The normalized spacial score (nSPS) is 21.1. The molecule has 2 aromatic heterocycles. The van der Waals surface area contributed by atoms with Crippen molar-refractivity contribution in [3.05, 3.63) is 90.3 Å². The lowest BCUT2D eigenvalue weighted by Gasteiger charge is -2.37. The van der Waals surface area contributed by atoms with Gasteiger partial charge in [0.1, 0.15) is 18.1 Å². The smallest absolute Gasteiger partial charge is 0.324 e. The molecule has 3 aliphatic heterocycles. The third-order valence-electron chi connectivity index (χ3n) is 13.1. The summed E-state index contributed by atoms with van der Waals surface area (Å²) in [6.07, 6.45) is 4.48. The Labute approximate surface area is 380 Å². The SMILES string of the molecule is C=CC(=O)N1CC[C@H](C(=O)N(C)[C@H](C(=O)N[C@H]2Cc3cccc(c3)-c3ccc4c(c3)c(c(-c3cccnc3[C@H](C)OC)n4CF)CC(C)(C)COC(=O)[C@@H]3CCCN(N3)C2=O)C(C)C)C1. The van der Waals surface area contributed by atoms with E-state index in [0.717, 1.165) is 33.2 Å². The molecule has 2 fully saturated rings. The number of nitrogens with one attached hydrogen (secondary N) is 2. The summed E-state index contributed by atoms with van der Waals surface area (Å²) in [6, 6.07) is 14.6. The second kappa shape index (κ2) is 19.7. The number of cyclic esters (lactones) is 1. The predicted molar refractivity (Wildman–Crippen MR) is 245 cm³/mol. The van der Waals surface area contributed by atoms with E-state index in [1.807, 2.05) is 83.1 Å². The molecule has 65 heavy (non-hydrogen) atoms. The summed E-state index contributed by atoms with van der Waals surface area (Å²) >= 11 is 0. The van der Waals surface area contributed by atoms with Crippen molar-refractivity contribution < 1.29 is 37.8 Å². The van der Waals surface area contributed by atoms with Crippen molar-refractivity contribution in [3.63, 3.8) is 0 Å². The Morgan fingerprint density at radius 2 is 1.85 bits per heavy atom. The summed E-state index contributed by atoms with van der Waals surface area (Å²) in [7, 11) is 3.20. The number of likely N-dealkylation sites (tertiary alicyclic amines) is 1. The Morgan fingerprint density at radius 3 is 2.57 bits per heavy atom. The molecular formula is C50H62FN7O7. The average molecular weight is 892 g/mol. The van der Waals surface area contributed by atoms with E-state index < -0.39 is 54.0 Å². The number of methoxy groups -OCH3 is 1. The van der Waals surface area contributed by atoms with Crippen molar-refractivity contribution in [1.82, 2.24) is 35.1 Å². The molecule has 6 bridgehead atoms. The number of pyridine rings is 1. The van der Waals surface area contributed by atoms with Gasteiger partial charge in [-0.2, -0.15) is 0 Å². The van der Waals surface area contributed by atoms with Crippen molar-refractivity contribution in [2.75, 3.05) is 40.4 Å². The van der Waals surface area contributed by atoms with E-state index in [9.17, 15) is 24.0 Å². The lowest BCUT2D eigenvalue weighted by molar-refractivity contribution is -0.155. The van der Waals surface area contributed by atoms with Crippen LogP contribution in [0.25, 0.3) is 33.3 Å². The third kappa shape index (κ3) is 9.86. The summed E-state index contributed by atoms with van der Waals surface area (Å²) in [6.45, 7) is 13.4. The van der Waals surface area contributed by atoms with Crippen molar-refractivity contribution in [3.8, 4) is 22.4 Å². The summed E-state index contributed by atoms with van der Waals surface area (Å²) in [4.78, 5) is 76.9. The van der Waals surface area contributed by atoms with Crippen LogP contribution in [0.3, 0.4) is 0 Å². The number of hydrogen-bond donors (Lipinski definition) is 2. The molecule has 5 atom stereocenters. The molecule has 2 aromatic carbocycles. The number of amides is 4. The highest BCUT2D eigenvalue weighted by atomic mass is 19.1. The number of esters is 1. The number of fused-ring (bicyclic) bond motifs is 6. The third-order valence-corrected chi connectivity index (χ3v) is 13.1. The van der Waals surface area contributed by atoms with Gasteiger partial charge in [0.25, 0.3) is 5.91 Å². The molecule has 4 amide bonds. The number of hydrogen-bond acceptors (Lipinski definition) is 9. The van der Waals surface area contributed by atoms with Gasteiger partial charge in [0.15, 0.2) is 6.80 Å². The van der Waals surface area contributed by atoms with Crippen LogP contribution in [0.15, 0.2) is 73.4 Å². The number of halogens is 1. The number of hydrazine groups is 1. The van der Waals surface area contributed by atoms with E-state index in [1.165, 1.54) is 16.0 Å². The molecule has 346 valence electrons. The zero-order chi connectivity index (χ0) is 46.7. The van der Waals surface area contributed by atoms with Gasteiger partial charge in [-0.05, 0) is 91.1 Å². The molecule has 0 unspecified atom stereocenters. The monoisotopic (exact) mass is 891 g/mol. The standard InChI is InChI=1S/C50H62FN7O7/c1-9-42(59)56-22-19-35(27-56)47(61)55(7)44(30(2)3)46(60)53-40-24-32-13-10-14-33(23-32)34-17-18-41-37(25-34)38(45(57(41)29-51)36-15-11-20-52-43(36)31(4)64-8)26-50(5,6)28-65-49(63)39-16-12-21-58(54-39)48(40)62/h9-11,13-15,17-18,20,23,25,30-31,35,39-40,44,54H,1,12,16,19,21-22,24,26-29H2,2-8H3,(H,53,60)/t31-,35-,39-,40-,44-/m0/s1. The van der Waals surface area contributed by atoms with Gasteiger partial charge in [0.2, 0.25) is 17.7 Å². The lowest BCUT2D eigenvalue weighted by atomic mass is 9.84. The van der Waals surface area contributed by atoms with E-state index in [0.29, 0.717) is 55.7 Å². The van der Waals surface area contributed by atoms with Gasteiger partial charge in [0.05, 0.1) is 35.5 Å². The number of nitrogens with zero attached hydrogens (tertiary/aromatic N) is 5. The van der Waals surface area contributed by atoms with Crippen LogP contribution in [0.2, 0.25) is 0 Å². The highest BCUT2D eigenvalue weighted by molar-refractivity contribution is 5.96. The maximum Gasteiger partial charge on any atom is 0.324 e. The second-order valence-electron chi connectivity index (χ2n) is 18.8. The summed E-state index contributed by atoms with van der Waals surface area (Å²) in [5.41, 5.74) is 8.63. The number of aromatic nitrogens is 2. The van der Waals surface area contributed by atoms with Crippen LogP contribution in [0, 0.1) is 17.3 Å². The van der Waals surface area contributed by atoms with E-state index in [2.05, 4.69) is 28.4 Å². The highest BCUT2D eigenvalue weighted by Crippen LogP contribution is 2.42. The van der Waals surface area contributed by atoms with Crippen LogP contribution >= 0.6 is 0 Å². The fourth-order valence-corrected chi connectivity index (χ4v) is 9.68.